The maximum Gasteiger partial charge on any atom is 0.279 e. The second-order valence-corrected chi connectivity index (χ2v) is 8.55. The van der Waals surface area contributed by atoms with Gasteiger partial charge in [-0.25, -0.2) is 0 Å². The maximum atomic E-state index is 13.2. The highest BCUT2D eigenvalue weighted by atomic mass is 32.1. The molecule has 7 nitrogen and oxygen atoms in total. The van der Waals surface area contributed by atoms with Crippen LogP contribution in [0, 0.1) is 5.92 Å². The van der Waals surface area contributed by atoms with Crippen LogP contribution in [0.3, 0.4) is 0 Å². The Morgan fingerprint density at radius 3 is 3.00 bits per heavy atom. The Hall–Kier alpha value is -2.74. The van der Waals surface area contributed by atoms with Crippen LogP contribution in [0.2, 0.25) is 0 Å². The van der Waals surface area contributed by atoms with Crippen molar-refractivity contribution in [1.82, 2.24) is 15.0 Å². The molecule has 0 saturated heterocycles. The molecule has 29 heavy (non-hydrogen) atoms. The lowest BCUT2D eigenvalue weighted by Gasteiger charge is -2.18. The second kappa shape index (κ2) is 7.94. The lowest BCUT2D eigenvalue weighted by atomic mass is 9.89. The highest BCUT2D eigenvalue weighted by Gasteiger charge is 2.26. The Labute approximate surface area is 172 Å². The minimum Gasteiger partial charge on any atom is -0.492 e. The number of nitrogens with zero attached hydrogens (tertiary/aromatic N) is 3. The highest BCUT2D eigenvalue weighted by molar-refractivity contribution is 7.18. The monoisotopic (exact) mass is 412 g/mol. The predicted octanol–water partition coefficient (Wildman–Crippen LogP) is 3.58. The Morgan fingerprint density at radius 1 is 1.41 bits per heavy atom. The van der Waals surface area contributed by atoms with Crippen LogP contribution in [0.4, 0.5) is 5.69 Å². The van der Waals surface area contributed by atoms with Crippen LogP contribution in [0.25, 0.3) is 10.2 Å². The molecule has 0 aliphatic heterocycles. The summed E-state index contributed by atoms with van der Waals surface area (Å²) >= 11 is 1.55. The van der Waals surface area contributed by atoms with Gasteiger partial charge in [-0.05, 0) is 56.7 Å². The topological polar surface area (TPSA) is 86.1 Å². The van der Waals surface area contributed by atoms with Crippen molar-refractivity contribution in [2.75, 3.05) is 11.9 Å². The summed E-state index contributed by atoms with van der Waals surface area (Å²) in [6.07, 6.45) is 2.91. The molecule has 2 aromatic heterocycles. The Balaban J connectivity index is 1.65. The largest absolute Gasteiger partial charge is 0.492 e. The number of aromatic nitrogens is 3. The molecule has 0 radical (unpaired) electrons. The van der Waals surface area contributed by atoms with Crippen molar-refractivity contribution < 1.29 is 9.53 Å². The number of carbonyl (C=O) groups is 1. The van der Waals surface area contributed by atoms with Crippen molar-refractivity contribution in [1.29, 1.82) is 0 Å². The third-order valence-corrected chi connectivity index (χ3v) is 6.48. The van der Waals surface area contributed by atoms with Gasteiger partial charge in [-0.3, -0.25) is 9.59 Å². The van der Waals surface area contributed by atoms with E-state index in [0.29, 0.717) is 34.2 Å². The number of para-hydroxylation sites is 2. The number of aryl methyl sites for hydroxylation is 1. The molecule has 1 aliphatic carbocycles. The predicted molar refractivity (Wildman–Crippen MR) is 114 cm³/mol. The molecule has 1 N–H and O–H groups in total. The first-order valence-corrected chi connectivity index (χ1v) is 10.7. The van der Waals surface area contributed by atoms with Gasteiger partial charge >= 0.3 is 0 Å². The molecular formula is C21H24N4O3S. The third-order valence-electron chi connectivity index (χ3n) is 5.34. The van der Waals surface area contributed by atoms with Gasteiger partial charge in [0.15, 0.2) is 4.83 Å². The van der Waals surface area contributed by atoms with Gasteiger partial charge in [0, 0.05) is 4.88 Å². The molecule has 1 aromatic carbocycles. The van der Waals surface area contributed by atoms with Gasteiger partial charge in [0.2, 0.25) is 5.91 Å². The Kier molecular flexibility index (Phi) is 5.36. The van der Waals surface area contributed by atoms with E-state index in [4.69, 9.17) is 4.74 Å². The number of nitrogens with one attached hydrogen (secondary N) is 1. The van der Waals surface area contributed by atoms with Crippen LogP contribution in [-0.2, 0) is 17.6 Å². The Bertz CT molecular complexity index is 1120. The quantitative estimate of drug-likeness (QED) is 0.692. The summed E-state index contributed by atoms with van der Waals surface area (Å²) in [4.78, 5) is 27.9. The Morgan fingerprint density at radius 2 is 2.21 bits per heavy atom. The lowest BCUT2D eigenvalue weighted by molar-refractivity contribution is -0.119. The van der Waals surface area contributed by atoms with Crippen molar-refractivity contribution in [2.24, 2.45) is 5.92 Å². The van der Waals surface area contributed by atoms with Crippen LogP contribution in [0.15, 0.2) is 29.1 Å². The third kappa shape index (κ3) is 3.64. The number of anilines is 1. The van der Waals surface area contributed by atoms with Crippen molar-refractivity contribution in [3.8, 4) is 5.75 Å². The van der Waals surface area contributed by atoms with Gasteiger partial charge in [-0.2, -0.15) is 4.68 Å². The molecule has 3 aromatic rings. The van der Waals surface area contributed by atoms with E-state index >= 15 is 0 Å². The van der Waals surface area contributed by atoms with Crippen molar-refractivity contribution in [3.05, 3.63) is 45.1 Å². The number of amides is 1. The van der Waals surface area contributed by atoms with Crippen LogP contribution in [0.1, 0.15) is 43.7 Å². The molecule has 8 heteroatoms. The van der Waals surface area contributed by atoms with Gasteiger partial charge in [-0.15, -0.1) is 16.4 Å². The van der Waals surface area contributed by atoms with Crippen LogP contribution >= 0.6 is 11.3 Å². The standard InChI is InChI=1S/C21H24N4O3S/c1-4-28-16-8-6-5-7-15(16)22-19(26)13(3)25-21(27)18-14-10-9-12(2)11-17(14)29-20(18)23-24-25/h5-8,12-13H,4,9-11H2,1-3H3,(H,22,26)/t12-,13+/m0/s1. The summed E-state index contributed by atoms with van der Waals surface area (Å²) in [6.45, 7) is 6.25. The summed E-state index contributed by atoms with van der Waals surface area (Å²) in [5.41, 5.74) is 1.41. The smallest absolute Gasteiger partial charge is 0.279 e. The van der Waals surface area contributed by atoms with Gasteiger partial charge in [0.1, 0.15) is 11.8 Å². The molecule has 4 rings (SSSR count). The number of benzene rings is 1. The van der Waals surface area contributed by atoms with Crippen LogP contribution in [0.5, 0.6) is 5.75 Å². The number of ether oxygens (including phenoxy) is 1. The minimum absolute atomic E-state index is 0.247. The average Bonchev–Trinajstić information content (AvgIpc) is 3.07. The molecular weight excluding hydrogens is 388 g/mol. The molecule has 152 valence electrons. The second-order valence-electron chi connectivity index (χ2n) is 7.47. The SMILES string of the molecule is CCOc1ccccc1NC(=O)[C@@H](C)n1nnc2sc3c(c2c1=O)CC[C@H](C)C3. The molecule has 0 saturated carbocycles. The molecule has 2 heterocycles. The first-order valence-electron chi connectivity index (χ1n) is 9.92. The van der Waals surface area contributed by atoms with E-state index in [2.05, 4.69) is 22.6 Å². The fraction of sp³-hybridized carbons (Fsp3) is 0.429. The number of fused-ring (bicyclic) bond motifs is 3. The molecule has 0 fully saturated rings. The highest BCUT2D eigenvalue weighted by Crippen LogP contribution is 2.35. The molecule has 0 bridgehead atoms. The lowest BCUT2D eigenvalue weighted by Crippen LogP contribution is -2.34. The summed E-state index contributed by atoms with van der Waals surface area (Å²) < 4.78 is 6.74. The van der Waals surface area contributed by atoms with Gasteiger partial charge in [0.25, 0.3) is 5.56 Å². The first-order chi connectivity index (χ1) is 14.0. The van der Waals surface area contributed by atoms with Crippen molar-refractivity contribution in [3.63, 3.8) is 0 Å². The van der Waals surface area contributed by atoms with Crippen molar-refractivity contribution in [2.45, 2.75) is 46.1 Å². The minimum atomic E-state index is -0.799. The van der Waals surface area contributed by atoms with E-state index < -0.39 is 6.04 Å². The van der Waals surface area contributed by atoms with Crippen LogP contribution in [-0.4, -0.2) is 27.5 Å². The molecule has 2 atom stereocenters. The summed E-state index contributed by atoms with van der Waals surface area (Å²) in [6, 6.07) is 6.42. The van der Waals surface area contributed by atoms with E-state index in [1.165, 1.54) is 9.56 Å². The molecule has 0 unspecified atom stereocenters. The van der Waals surface area contributed by atoms with E-state index in [0.717, 1.165) is 24.8 Å². The zero-order valence-corrected chi connectivity index (χ0v) is 17.6. The zero-order chi connectivity index (χ0) is 20.5. The van der Waals surface area contributed by atoms with Gasteiger partial charge in [-0.1, -0.05) is 24.3 Å². The number of rotatable bonds is 5. The summed E-state index contributed by atoms with van der Waals surface area (Å²) in [7, 11) is 0. The fourth-order valence-electron chi connectivity index (χ4n) is 3.72. The number of hydrogen-bond donors (Lipinski definition) is 1. The molecule has 1 aliphatic rings. The molecule has 0 spiro atoms. The van der Waals surface area contributed by atoms with Gasteiger partial charge < -0.3 is 10.1 Å². The van der Waals surface area contributed by atoms with Crippen LogP contribution < -0.4 is 15.6 Å². The van der Waals surface area contributed by atoms with E-state index in [1.807, 2.05) is 19.1 Å². The fourth-order valence-corrected chi connectivity index (χ4v) is 5.04. The number of thiophene rings is 1. The summed E-state index contributed by atoms with van der Waals surface area (Å²) in [5, 5.41) is 11.8. The normalized spacial score (nSPS) is 17.0. The summed E-state index contributed by atoms with van der Waals surface area (Å²) in [5.74, 6) is 0.858. The maximum absolute atomic E-state index is 13.2. The zero-order valence-electron chi connectivity index (χ0n) is 16.8. The van der Waals surface area contributed by atoms with E-state index in [9.17, 15) is 9.59 Å². The molecule has 1 amide bonds. The van der Waals surface area contributed by atoms with Gasteiger partial charge in [0.05, 0.1) is 17.7 Å². The average molecular weight is 413 g/mol. The van der Waals surface area contributed by atoms with Crippen molar-refractivity contribution >= 4 is 33.1 Å². The van der Waals surface area contributed by atoms with E-state index in [-0.39, 0.29) is 11.5 Å². The van der Waals surface area contributed by atoms with E-state index in [1.54, 1.807) is 30.4 Å². The number of hydrogen-bond acceptors (Lipinski definition) is 6. The first kappa shape index (κ1) is 19.6. The number of carbonyl (C=O) groups excluding carboxylic acids is 1.